The Kier molecular flexibility index (Phi) is 8.77. The predicted octanol–water partition coefficient (Wildman–Crippen LogP) is 5.44. The average Bonchev–Trinajstić information content (AvgIpc) is 2.67. The molecule has 0 aromatic heterocycles. The van der Waals surface area contributed by atoms with Crippen LogP contribution in [0.1, 0.15) is 77.6 Å². The molecule has 1 N–H and O–H groups in total. The Hall–Kier alpha value is -3.15. The lowest BCUT2D eigenvalue weighted by Gasteiger charge is -2.30. The lowest BCUT2D eigenvalue weighted by atomic mass is 10.0. The molecule has 6 heteroatoms. The van der Waals surface area contributed by atoms with Crippen molar-refractivity contribution in [2.45, 2.75) is 73.5 Å². The lowest BCUT2D eigenvalue weighted by molar-refractivity contribution is -0.171. The van der Waals surface area contributed by atoms with Crippen molar-refractivity contribution in [2.24, 2.45) is 0 Å². The standard InChI is InChI=1S/C17H24O4.C9H10O2/c1-11-8-13(10-18)9-12(2)14(11)20-17(6,7)15(19)21-16(3,4)5;1-6-3-8(5-10)4-7(2)9(6)11/h8-10H,1-7H3;3-5,11H,1-2H3. The Balaban J connectivity index is 0.000000389. The highest BCUT2D eigenvalue weighted by Crippen LogP contribution is 2.29. The molecule has 0 unspecified atom stereocenters. The first-order chi connectivity index (χ1) is 14.6. The van der Waals surface area contributed by atoms with Gasteiger partial charge in [-0.05, 0) is 109 Å². The van der Waals surface area contributed by atoms with Crippen LogP contribution in [-0.2, 0) is 9.53 Å². The largest absolute Gasteiger partial charge is 0.507 e. The summed E-state index contributed by atoms with van der Waals surface area (Å²) < 4.78 is 11.3. The zero-order valence-corrected chi connectivity index (χ0v) is 20.5. The number of carbonyl (C=O) groups excluding carboxylic acids is 3. The van der Waals surface area contributed by atoms with Crippen LogP contribution >= 0.6 is 0 Å². The molecule has 0 heterocycles. The summed E-state index contributed by atoms with van der Waals surface area (Å²) in [5.41, 5.74) is 2.64. The van der Waals surface area contributed by atoms with Gasteiger partial charge in [-0.15, -0.1) is 0 Å². The number of aromatic hydroxyl groups is 1. The van der Waals surface area contributed by atoms with Gasteiger partial charge < -0.3 is 14.6 Å². The minimum atomic E-state index is -1.11. The second-order valence-electron chi connectivity index (χ2n) is 9.34. The van der Waals surface area contributed by atoms with Gasteiger partial charge in [0.25, 0.3) is 0 Å². The molecule has 0 aliphatic heterocycles. The highest BCUT2D eigenvalue weighted by molar-refractivity contribution is 5.80. The van der Waals surface area contributed by atoms with E-state index < -0.39 is 17.2 Å². The lowest BCUT2D eigenvalue weighted by Crippen LogP contribution is -2.43. The molecule has 0 bridgehead atoms. The van der Waals surface area contributed by atoms with Crippen molar-refractivity contribution in [2.75, 3.05) is 0 Å². The number of benzene rings is 2. The van der Waals surface area contributed by atoms with Gasteiger partial charge in [-0.25, -0.2) is 4.79 Å². The summed E-state index contributed by atoms with van der Waals surface area (Å²) in [6.07, 6.45) is 1.57. The Labute approximate surface area is 190 Å². The van der Waals surface area contributed by atoms with E-state index in [4.69, 9.17) is 9.47 Å². The van der Waals surface area contributed by atoms with Crippen LogP contribution in [-0.4, -0.2) is 34.9 Å². The number of rotatable bonds is 5. The maximum Gasteiger partial charge on any atom is 0.350 e. The van der Waals surface area contributed by atoms with Gasteiger partial charge in [0.05, 0.1) is 0 Å². The van der Waals surface area contributed by atoms with Gasteiger partial charge in [-0.2, -0.15) is 0 Å². The van der Waals surface area contributed by atoms with E-state index in [-0.39, 0.29) is 5.75 Å². The smallest absolute Gasteiger partial charge is 0.350 e. The minimum Gasteiger partial charge on any atom is -0.507 e. The third-order valence-electron chi connectivity index (χ3n) is 4.52. The van der Waals surface area contributed by atoms with Crippen molar-refractivity contribution in [1.29, 1.82) is 0 Å². The number of phenolic OH excluding ortho intramolecular Hbond substituents is 1. The summed E-state index contributed by atoms with van der Waals surface area (Å²) in [4.78, 5) is 33.4. The number of ether oxygens (including phenoxy) is 2. The summed E-state index contributed by atoms with van der Waals surface area (Å²) in [6.45, 7) is 16.0. The van der Waals surface area contributed by atoms with Crippen molar-refractivity contribution < 1.29 is 29.0 Å². The Morgan fingerprint density at radius 2 is 1.16 bits per heavy atom. The second-order valence-corrected chi connectivity index (χ2v) is 9.34. The van der Waals surface area contributed by atoms with E-state index >= 15 is 0 Å². The van der Waals surface area contributed by atoms with Crippen molar-refractivity contribution >= 4 is 18.5 Å². The molecule has 2 rings (SSSR count). The zero-order chi connectivity index (χ0) is 24.9. The average molecular weight is 443 g/mol. The molecule has 32 heavy (non-hydrogen) atoms. The van der Waals surface area contributed by atoms with Crippen LogP contribution < -0.4 is 4.74 Å². The van der Waals surface area contributed by atoms with Crippen molar-refractivity contribution in [1.82, 2.24) is 0 Å². The van der Waals surface area contributed by atoms with E-state index in [0.29, 0.717) is 16.9 Å². The number of hydrogen-bond donors (Lipinski definition) is 1. The van der Waals surface area contributed by atoms with Gasteiger partial charge in [0.2, 0.25) is 0 Å². The number of phenols is 1. The summed E-state index contributed by atoms with van der Waals surface area (Å²) in [5, 5.41) is 9.31. The molecule has 2 aromatic carbocycles. The molecular formula is C26H34O6. The maximum absolute atomic E-state index is 12.2. The van der Waals surface area contributed by atoms with E-state index in [1.165, 1.54) is 0 Å². The van der Waals surface area contributed by atoms with E-state index in [1.807, 2.05) is 34.6 Å². The molecule has 0 aliphatic carbocycles. The number of hydrogen-bond acceptors (Lipinski definition) is 6. The van der Waals surface area contributed by atoms with Gasteiger partial charge in [0, 0.05) is 11.1 Å². The molecule has 0 radical (unpaired) electrons. The monoisotopic (exact) mass is 442 g/mol. The molecule has 2 aromatic rings. The SMILES string of the molecule is Cc1cc(C=O)cc(C)c1O.Cc1cc(C=O)cc(C)c1OC(C)(C)C(=O)OC(C)(C)C. The molecule has 6 nitrogen and oxygen atoms in total. The minimum absolute atomic E-state index is 0.274. The quantitative estimate of drug-likeness (QED) is 0.490. The van der Waals surface area contributed by atoms with E-state index in [1.54, 1.807) is 52.0 Å². The fourth-order valence-electron chi connectivity index (χ4n) is 2.97. The molecule has 0 aliphatic rings. The van der Waals surface area contributed by atoms with Crippen molar-refractivity contribution in [3.05, 3.63) is 57.6 Å². The first kappa shape index (κ1) is 26.9. The molecule has 0 fully saturated rings. The third kappa shape index (κ3) is 7.52. The number of aldehydes is 2. The summed E-state index contributed by atoms with van der Waals surface area (Å²) in [7, 11) is 0. The summed E-state index contributed by atoms with van der Waals surface area (Å²) >= 11 is 0. The Morgan fingerprint density at radius 3 is 1.50 bits per heavy atom. The molecule has 0 atom stereocenters. The number of esters is 1. The normalized spacial score (nSPS) is 11.2. The van der Waals surface area contributed by atoms with Gasteiger partial charge in [0.15, 0.2) is 5.60 Å². The first-order valence-electron chi connectivity index (χ1n) is 10.4. The zero-order valence-electron chi connectivity index (χ0n) is 20.5. The van der Waals surface area contributed by atoms with Gasteiger partial charge in [-0.3, -0.25) is 9.59 Å². The fourth-order valence-corrected chi connectivity index (χ4v) is 2.97. The summed E-state index contributed by atoms with van der Waals surface area (Å²) in [6, 6.07) is 6.80. The van der Waals surface area contributed by atoms with Crippen LogP contribution in [0.25, 0.3) is 0 Å². The van der Waals surface area contributed by atoms with Crippen LogP contribution in [0.5, 0.6) is 11.5 Å². The first-order valence-corrected chi connectivity index (χ1v) is 10.4. The van der Waals surface area contributed by atoms with Crippen LogP contribution in [0.3, 0.4) is 0 Å². The van der Waals surface area contributed by atoms with Crippen LogP contribution in [0.15, 0.2) is 24.3 Å². The van der Waals surface area contributed by atoms with Crippen LogP contribution in [0.4, 0.5) is 0 Å². The molecule has 0 amide bonds. The van der Waals surface area contributed by atoms with E-state index in [2.05, 4.69) is 0 Å². The van der Waals surface area contributed by atoms with Crippen LogP contribution in [0, 0.1) is 27.7 Å². The fraction of sp³-hybridized carbons (Fsp3) is 0.423. The molecule has 0 saturated heterocycles. The van der Waals surface area contributed by atoms with Gasteiger partial charge >= 0.3 is 5.97 Å². The van der Waals surface area contributed by atoms with Crippen LogP contribution in [0.2, 0.25) is 0 Å². The molecule has 0 spiro atoms. The molecular weight excluding hydrogens is 408 g/mol. The van der Waals surface area contributed by atoms with E-state index in [0.717, 1.165) is 34.8 Å². The Bertz CT molecular complexity index is 950. The number of carbonyl (C=O) groups is 3. The van der Waals surface area contributed by atoms with Gasteiger partial charge in [-0.1, -0.05) is 0 Å². The molecule has 174 valence electrons. The van der Waals surface area contributed by atoms with E-state index in [9.17, 15) is 19.5 Å². The second kappa shape index (κ2) is 10.4. The molecule has 0 saturated carbocycles. The highest BCUT2D eigenvalue weighted by atomic mass is 16.6. The maximum atomic E-state index is 12.2. The predicted molar refractivity (Wildman–Crippen MR) is 125 cm³/mol. The number of aryl methyl sites for hydroxylation is 4. The third-order valence-corrected chi connectivity index (χ3v) is 4.52. The van der Waals surface area contributed by atoms with Crippen molar-refractivity contribution in [3.63, 3.8) is 0 Å². The highest BCUT2D eigenvalue weighted by Gasteiger charge is 2.35. The van der Waals surface area contributed by atoms with Crippen molar-refractivity contribution in [3.8, 4) is 11.5 Å². The van der Waals surface area contributed by atoms with Gasteiger partial charge in [0.1, 0.15) is 29.7 Å². The summed E-state index contributed by atoms with van der Waals surface area (Å²) in [5.74, 6) is 0.459. The topological polar surface area (TPSA) is 89.9 Å². The Morgan fingerprint density at radius 1 is 0.781 bits per heavy atom.